The Morgan fingerprint density at radius 1 is 1.27 bits per heavy atom. The molecule has 2 amide bonds. The van der Waals surface area contributed by atoms with E-state index in [4.69, 9.17) is 4.74 Å². The third kappa shape index (κ3) is 2.82. The molecule has 1 saturated heterocycles. The van der Waals surface area contributed by atoms with Gasteiger partial charge in [0, 0.05) is 12.1 Å². The van der Waals surface area contributed by atoms with Crippen LogP contribution in [0, 0.1) is 6.92 Å². The maximum Gasteiger partial charge on any atom is 0.326 e. The fourth-order valence-electron chi connectivity index (χ4n) is 4.39. The number of likely N-dealkylation sites (N-methyl/N-ethyl adjacent to an activating group) is 1. The number of benzene rings is 2. The highest BCUT2D eigenvalue weighted by atomic mass is 16.5. The molecule has 2 aliphatic heterocycles. The van der Waals surface area contributed by atoms with Gasteiger partial charge in [0.15, 0.2) is 0 Å². The number of urea groups is 1. The Hall–Kier alpha value is -2.53. The third-order valence-electron chi connectivity index (χ3n) is 5.64. The molecular weight excluding hydrogens is 326 g/mol. The molecule has 3 atom stereocenters. The van der Waals surface area contributed by atoms with Gasteiger partial charge in [-0.05, 0) is 30.7 Å². The first kappa shape index (κ1) is 16.9. The molecule has 2 N–H and O–H groups in total. The van der Waals surface area contributed by atoms with Crippen LogP contribution >= 0.6 is 0 Å². The van der Waals surface area contributed by atoms with E-state index in [1.807, 2.05) is 29.2 Å². The lowest BCUT2D eigenvalue weighted by Crippen LogP contribution is -3.11. The largest absolute Gasteiger partial charge is 0.495 e. The Bertz CT molecular complexity index is 836. The second-order valence-electron chi connectivity index (χ2n) is 7.44. The highest BCUT2D eigenvalue weighted by molar-refractivity contribution is 6.04. The first-order valence-electron chi connectivity index (χ1n) is 9.23. The van der Waals surface area contributed by atoms with E-state index >= 15 is 0 Å². The SMILES string of the molecule is COc1ccccc1NC(=O)N1c2ccc(C)cc2[C@H]2C[NH+](C)CC[C@@H]21. The smallest absolute Gasteiger partial charge is 0.326 e. The lowest BCUT2D eigenvalue weighted by atomic mass is 9.89. The van der Waals surface area contributed by atoms with E-state index in [9.17, 15) is 4.79 Å². The van der Waals surface area contributed by atoms with E-state index in [-0.39, 0.29) is 12.1 Å². The van der Waals surface area contributed by atoms with Crippen molar-refractivity contribution < 1.29 is 14.4 Å². The van der Waals surface area contributed by atoms with E-state index in [0.717, 1.165) is 25.2 Å². The van der Waals surface area contributed by atoms with Crippen molar-refractivity contribution in [2.75, 3.05) is 37.5 Å². The lowest BCUT2D eigenvalue weighted by molar-refractivity contribution is -0.886. The second kappa shape index (κ2) is 6.65. The number of nitrogens with one attached hydrogen (secondary N) is 2. The lowest BCUT2D eigenvalue weighted by Gasteiger charge is -2.34. The second-order valence-corrected chi connectivity index (χ2v) is 7.44. The number of hydrogen-bond donors (Lipinski definition) is 2. The Morgan fingerprint density at radius 3 is 2.88 bits per heavy atom. The number of nitrogens with zero attached hydrogens (tertiary/aromatic N) is 1. The molecule has 5 nitrogen and oxygen atoms in total. The maximum atomic E-state index is 13.2. The van der Waals surface area contributed by atoms with Gasteiger partial charge in [0.2, 0.25) is 0 Å². The zero-order chi connectivity index (χ0) is 18.3. The number of quaternary nitrogens is 1. The Morgan fingerprint density at radius 2 is 2.08 bits per heavy atom. The molecule has 0 saturated carbocycles. The van der Waals surface area contributed by atoms with E-state index in [1.165, 1.54) is 16.0 Å². The van der Waals surface area contributed by atoms with E-state index < -0.39 is 0 Å². The summed E-state index contributed by atoms with van der Waals surface area (Å²) in [5.41, 5.74) is 4.31. The molecule has 2 aliphatic rings. The number of methoxy groups -OCH3 is 1. The zero-order valence-corrected chi connectivity index (χ0v) is 15.6. The number of fused-ring (bicyclic) bond motifs is 3. The number of carbonyl (C=O) groups is 1. The minimum Gasteiger partial charge on any atom is -0.495 e. The number of anilines is 2. The molecule has 5 heteroatoms. The molecule has 0 aromatic heterocycles. The van der Waals surface area contributed by atoms with Gasteiger partial charge in [-0.25, -0.2) is 4.79 Å². The number of para-hydroxylation sites is 2. The number of likely N-dealkylation sites (tertiary alicyclic amines) is 1. The number of rotatable bonds is 2. The van der Waals surface area contributed by atoms with Crippen LogP contribution in [0.2, 0.25) is 0 Å². The highest BCUT2D eigenvalue weighted by Crippen LogP contribution is 2.43. The topological polar surface area (TPSA) is 46.0 Å². The van der Waals surface area contributed by atoms with Gasteiger partial charge in [-0.15, -0.1) is 0 Å². The van der Waals surface area contributed by atoms with E-state index in [1.54, 1.807) is 7.11 Å². The molecule has 0 spiro atoms. The first-order chi connectivity index (χ1) is 12.6. The van der Waals surface area contributed by atoms with Crippen molar-refractivity contribution in [3.05, 3.63) is 53.6 Å². The highest BCUT2D eigenvalue weighted by Gasteiger charge is 2.45. The van der Waals surface area contributed by atoms with Crippen molar-refractivity contribution in [2.24, 2.45) is 0 Å². The van der Waals surface area contributed by atoms with Gasteiger partial charge in [-0.2, -0.15) is 0 Å². The summed E-state index contributed by atoms with van der Waals surface area (Å²) in [5.74, 6) is 1.08. The summed E-state index contributed by atoms with van der Waals surface area (Å²) in [6.45, 7) is 4.28. The van der Waals surface area contributed by atoms with Crippen molar-refractivity contribution in [2.45, 2.75) is 25.3 Å². The molecule has 26 heavy (non-hydrogen) atoms. The average Bonchev–Trinajstić information content (AvgIpc) is 2.95. The quantitative estimate of drug-likeness (QED) is 0.872. The fourth-order valence-corrected chi connectivity index (χ4v) is 4.39. The van der Waals surface area contributed by atoms with Crippen LogP contribution in [0.15, 0.2) is 42.5 Å². The summed E-state index contributed by atoms with van der Waals surface area (Å²) in [6.07, 6.45) is 1.02. The van der Waals surface area contributed by atoms with Crippen LogP contribution in [0.5, 0.6) is 5.75 Å². The molecule has 2 heterocycles. The summed E-state index contributed by atoms with van der Waals surface area (Å²) < 4.78 is 5.38. The molecule has 136 valence electrons. The van der Waals surface area contributed by atoms with Gasteiger partial charge >= 0.3 is 6.03 Å². The summed E-state index contributed by atoms with van der Waals surface area (Å²) in [5, 5.41) is 3.06. The summed E-state index contributed by atoms with van der Waals surface area (Å²) >= 11 is 0. The number of aryl methyl sites for hydroxylation is 1. The van der Waals surface area contributed by atoms with Crippen molar-refractivity contribution in [3.8, 4) is 5.75 Å². The van der Waals surface area contributed by atoms with Crippen molar-refractivity contribution in [3.63, 3.8) is 0 Å². The minimum absolute atomic E-state index is 0.0772. The summed E-state index contributed by atoms with van der Waals surface area (Å²) in [4.78, 5) is 16.7. The normalized spacial score (nSPS) is 24.0. The van der Waals surface area contributed by atoms with Crippen LogP contribution in [0.4, 0.5) is 16.2 Å². The van der Waals surface area contributed by atoms with Crippen LogP contribution < -0.4 is 19.9 Å². The number of ether oxygens (including phenoxy) is 1. The van der Waals surface area contributed by atoms with E-state index in [0.29, 0.717) is 17.4 Å². The number of piperidine rings is 1. The first-order valence-corrected chi connectivity index (χ1v) is 9.23. The van der Waals surface area contributed by atoms with Crippen LogP contribution in [0.25, 0.3) is 0 Å². The maximum absolute atomic E-state index is 13.2. The van der Waals surface area contributed by atoms with Gasteiger partial charge in [-0.3, -0.25) is 4.90 Å². The molecule has 0 aliphatic carbocycles. The Kier molecular flexibility index (Phi) is 4.32. The number of hydrogen-bond acceptors (Lipinski definition) is 2. The summed E-state index contributed by atoms with van der Waals surface area (Å²) in [6, 6.07) is 14.1. The molecule has 1 fully saturated rings. The van der Waals surface area contributed by atoms with Gasteiger partial charge in [-0.1, -0.05) is 29.8 Å². The van der Waals surface area contributed by atoms with Crippen LogP contribution in [-0.4, -0.2) is 39.3 Å². The van der Waals surface area contributed by atoms with Gasteiger partial charge < -0.3 is 15.0 Å². The van der Waals surface area contributed by atoms with Gasteiger partial charge in [0.05, 0.1) is 44.9 Å². The average molecular weight is 352 g/mol. The van der Waals surface area contributed by atoms with Gasteiger partial charge in [0.1, 0.15) is 5.75 Å². The van der Waals surface area contributed by atoms with E-state index in [2.05, 4.69) is 37.5 Å². The minimum atomic E-state index is -0.0772. The molecular formula is C21H26N3O2+. The Balaban J connectivity index is 1.68. The fraction of sp³-hybridized carbons (Fsp3) is 0.381. The third-order valence-corrected chi connectivity index (χ3v) is 5.64. The molecule has 4 rings (SSSR count). The van der Waals surface area contributed by atoms with Crippen LogP contribution in [-0.2, 0) is 0 Å². The van der Waals surface area contributed by atoms with Crippen molar-refractivity contribution in [1.29, 1.82) is 0 Å². The van der Waals surface area contributed by atoms with Crippen molar-refractivity contribution >= 4 is 17.4 Å². The number of carbonyl (C=O) groups excluding carboxylic acids is 1. The standard InChI is InChI=1S/C21H25N3O2/c1-14-8-9-18-15(12-14)16-13-23(2)11-10-19(16)24(18)21(25)22-17-6-4-5-7-20(17)26-3/h4-9,12,16,19H,10-11,13H2,1-3H3,(H,22,25)/p+1/t16-,19+/m1/s1. The van der Waals surface area contributed by atoms with Crippen LogP contribution in [0.3, 0.4) is 0 Å². The molecule has 1 unspecified atom stereocenters. The monoisotopic (exact) mass is 352 g/mol. The molecule has 2 aromatic rings. The molecule has 0 radical (unpaired) electrons. The van der Waals surface area contributed by atoms with Crippen molar-refractivity contribution in [1.82, 2.24) is 0 Å². The Labute approximate surface area is 154 Å². The molecule has 0 bridgehead atoms. The molecule has 2 aromatic carbocycles. The zero-order valence-electron chi connectivity index (χ0n) is 15.6. The summed E-state index contributed by atoms with van der Waals surface area (Å²) in [7, 11) is 3.86. The predicted octanol–water partition coefficient (Wildman–Crippen LogP) is 2.43. The number of amides is 2. The van der Waals surface area contributed by atoms with Gasteiger partial charge in [0.25, 0.3) is 0 Å². The van der Waals surface area contributed by atoms with Crippen LogP contribution in [0.1, 0.15) is 23.5 Å². The predicted molar refractivity (Wildman–Crippen MR) is 103 cm³/mol.